The van der Waals surface area contributed by atoms with Crippen LogP contribution in [-0.2, 0) is 0 Å². The number of rotatable bonds is 2. The Labute approximate surface area is 170 Å². The number of pyridine rings is 3. The van der Waals surface area contributed by atoms with Crippen LogP contribution in [0.3, 0.4) is 0 Å². The molecule has 0 unspecified atom stereocenters. The summed E-state index contributed by atoms with van der Waals surface area (Å²) in [6, 6.07) is 17.9. The van der Waals surface area contributed by atoms with Gasteiger partial charge in [-0.1, -0.05) is 29.8 Å². The quantitative estimate of drug-likeness (QED) is 0.401. The van der Waals surface area contributed by atoms with E-state index >= 15 is 0 Å². The number of nitrogen functional groups attached to an aromatic ring is 1. The van der Waals surface area contributed by atoms with Gasteiger partial charge >= 0.3 is 0 Å². The van der Waals surface area contributed by atoms with Crippen LogP contribution in [0.2, 0.25) is 5.02 Å². The Morgan fingerprint density at radius 2 is 1.72 bits per heavy atom. The highest BCUT2D eigenvalue weighted by Crippen LogP contribution is 2.36. The Bertz CT molecular complexity index is 1400. The van der Waals surface area contributed by atoms with Crippen LogP contribution in [-0.4, -0.2) is 15.0 Å². The molecule has 2 N–H and O–H groups in total. The van der Waals surface area contributed by atoms with E-state index in [9.17, 15) is 4.39 Å². The molecule has 5 aromatic rings. The third kappa shape index (κ3) is 3.05. The molecule has 0 atom stereocenters. The lowest BCUT2D eigenvalue weighted by molar-refractivity contribution is 0.631. The first-order chi connectivity index (χ1) is 14.1. The van der Waals surface area contributed by atoms with Crippen LogP contribution in [0.4, 0.5) is 10.2 Å². The van der Waals surface area contributed by atoms with Gasteiger partial charge in [-0.25, -0.2) is 19.3 Å². The molecule has 0 aliphatic rings. The van der Waals surface area contributed by atoms with Crippen molar-refractivity contribution in [3.8, 4) is 22.4 Å². The van der Waals surface area contributed by atoms with Gasteiger partial charge in [0.15, 0.2) is 5.65 Å². The van der Waals surface area contributed by atoms with E-state index in [-0.39, 0.29) is 0 Å². The first-order valence-corrected chi connectivity index (χ1v) is 9.34. The summed E-state index contributed by atoms with van der Waals surface area (Å²) in [5, 5.41) is 3.21. The van der Waals surface area contributed by atoms with Crippen molar-refractivity contribution >= 4 is 39.2 Å². The lowest BCUT2D eigenvalue weighted by atomic mass is 9.95. The topological polar surface area (TPSA) is 64.7 Å². The minimum absolute atomic E-state index is 0.327. The number of benzene rings is 2. The highest BCUT2D eigenvalue weighted by molar-refractivity contribution is 6.30. The molecule has 2 aromatic carbocycles. The van der Waals surface area contributed by atoms with Crippen LogP contribution in [0.1, 0.15) is 0 Å². The van der Waals surface area contributed by atoms with Crippen molar-refractivity contribution in [3.05, 3.63) is 83.9 Å². The van der Waals surface area contributed by atoms with E-state index in [0.717, 1.165) is 27.3 Å². The predicted octanol–water partition coefficient (Wildman–Crippen LogP) is 5.89. The molecule has 0 radical (unpaired) electrons. The average Bonchev–Trinajstić information content (AvgIpc) is 2.74. The normalized spacial score (nSPS) is 11.2. The van der Waals surface area contributed by atoms with Crippen LogP contribution in [0.5, 0.6) is 0 Å². The molecule has 0 aliphatic carbocycles. The van der Waals surface area contributed by atoms with Crippen molar-refractivity contribution in [2.45, 2.75) is 0 Å². The van der Waals surface area contributed by atoms with Crippen LogP contribution >= 0.6 is 11.6 Å². The van der Waals surface area contributed by atoms with E-state index < -0.39 is 5.82 Å². The fourth-order valence-electron chi connectivity index (χ4n) is 3.53. The van der Waals surface area contributed by atoms with Crippen LogP contribution in [0.25, 0.3) is 44.2 Å². The first-order valence-electron chi connectivity index (χ1n) is 8.96. The van der Waals surface area contributed by atoms with Crippen molar-refractivity contribution in [2.75, 3.05) is 5.73 Å². The molecule has 6 heteroatoms. The van der Waals surface area contributed by atoms with Gasteiger partial charge < -0.3 is 5.73 Å². The largest absolute Gasteiger partial charge is 0.384 e. The van der Waals surface area contributed by atoms with Crippen molar-refractivity contribution < 1.29 is 4.39 Å². The van der Waals surface area contributed by atoms with Gasteiger partial charge in [-0.05, 0) is 59.0 Å². The molecule has 0 bridgehead atoms. The lowest BCUT2D eigenvalue weighted by Gasteiger charge is -2.13. The Morgan fingerprint density at radius 1 is 0.828 bits per heavy atom. The predicted molar refractivity (Wildman–Crippen MR) is 115 cm³/mol. The Morgan fingerprint density at radius 3 is 2.62 bits per heavy atom. The van der Waals surface area contributed by atoms with Gasteiger partial charge in [0.25, 0.3) is 0 Å². The van der Waals surface area contributed by atoms with Crippen molar-refractivity contribution in [3.63, 3.8) is 0 Å². The molecule has 29 heavy (non-hydrogen) atoms. The molecule has 4 nitrogen and oxygen atoms in total. The molecule has 3 heterocycles. The van der Waals surface area contributed by atoms with E-state index in [0.29, 0.717) is 27.7 Å². The second kappa shape index (κ2) is 6.79. The number of halogens is 2. The number of hydrogen-bond donors (Lipinski definition) is 1. The summed E-state index contributed by atoms with van der Waals surface area (Å²) >= 11 is 6.11. The SMILES string of the molecule is Nc1cc2c(-c3cc(-c4cc(Cl)ccc4F)nc4ncccc34)cccc2cn1. The van der Waals surface area contributed by atoms with Crippen molar-refractivity contribution in [2.24, 2.45) is 0 Å². The highest BCUT2D eigenvalue weighted by atomic mass is 35.5. The first kappa shape index (κ1) is 17.5. The molecule has 0 fully saturated rings. The van der Waals surface area contributed by atoms with Crippen molar-refractivity contribution in [1.82, 2.24) is 15.0 Å². The van der Waals surface area contributed by atoms with Crippen LogP contribution < -0.4 is 5.73 Å². The molecule has 140 valence electrons. The van der Waals surface area contributed by atoms with Gasteiger partial charge in [-0.15, -0.1) is 0 Å². The van der Waals surface area contributed by atoms with E-state index in [1.807, 2.05) is 42.5 Å². The van der Waals surface area contributed by atoms with Gasteiger partial charge in [0, 0.05) is 33.8 Å². The maximum Gasteiger partial charge on any atom is 0.160 e. The van der Waals surface area contributed by atoms with Crippen molar-refractivity contribution in [1.29, 1.82) is 0 Å². The number of fused-ring (bicyclic) bond motifs is 2. The maximum absolute atomic E-state index is 14.6. The molecule has 3 aromatic heterocycles. The highest BCUT2D eigenvalue weighted by Gasteiger charge is 2.15. The number of aromatic nitrogens is 3. The van der Waals surface area contributed by atoms with E-state index in [4.69, 9.17) is 17.3 Å². The zero-order chi connectivity index (χ0) is 20.0. The molecule has 0 amide bonds. The zero-order valence-electron chi connectivity index (χ0n) is 15.1. The summed E-state index contributed by atoms with van der Waals surface area (Å²) in [7, 11) is 0. The number of nitrogens with two attached hydrogens (primary N) is 1. The maximum atomic E-state index is 14.6. The van der Waals surface area contributed by atoms with E-state index in [2.05, 4.69) is 15.0 Å². The number of nitrogens with zero attached hydrogens (tertiary/aromatic N) is 3. The molecular formula is C23H14ClFN4. The molecule has 0 aliphatic heterocycles. The molecule has 0 saturated heterocycles. The smallest absolute Gasteiger partial charge is 0.160 e. The zero-order valence-corrected chi connectivity index (χ0v) is 15.9. The van der Waals surface area contributed by atoms with Gasteiger partial charge in [-0.2, -0.15) is 0 Å². The summed E-state index contributed by atoms with van der Waals surface area (Å²) in [6.07, 6.45) is 3.41. The minimum Gasteiger partial charge on any atom is -0.384 e. The van der Waals surface area contributed by atoms with Gasteiger partial charge in [0.05, 0.1) is 5.69 Å². The molecular weight excluding hydrogens is 387 g/mol. The van der Waals surface area contributed by atoms with Gasteiger partial charge in [0.1, 0.15) is 11.6 Å². The van der Waals surface area contributed by atoms with Gasteiger partial charge in [0.2, 0.25) is 0 Å². The van der Waals surface area contributed by atoms with Crippen LogP contribution in [0.15, 0.2) is 73.1 Å². The fraction of sp³-hybridized carbons (Fsp3) is 0. The standard InChI is InChI=1S/C23H14ClFN4/c24-14-6-7-20(25)19(9-14)21-10-18(16-5-2-8-27-23(16)29-21)15-4-1-3-13-12-28-22(26)11-17(13)15/h1-12H,(H2,26,28). The fourth-order valence-corrected chi connectivity index (χ4v) is 3.70. The lowest BCUT2D eigenvalue weighted by Crippen LogP contribution is -1.95. The monoisotopic (exact) mass is 400 g/mol. The Balaban J connectivity index is 1.87. The Kier molecular flexibility index (Phi) is 4.11. The molecule has 0 spiro atoms. The summed E-state index contributed by atoms with van der Waals surface area (Å²) < 4.78 is 14.6. The third-order valence-corrected chi connectivity index (χ3v) is 5.10. The summed E-state index contributed by atoms with van der Waals surface area (Å²) in [5.41, 5.74) is 9.09. The minimum atomic E-state index is -0.394. The summed E-state index contributed by atoms with van der Waals surface area (Å²) in [5.74, 6) is 0.0389. The summed E-state index contributed by atoms with van der Waals surface area (Å²) in [6.45, 7) is 0. The second-order valence-corrected chi connectivity index (χ2v) is 7.13. The number of hydrogen-bond acceptors (Lipinski definition) is 4. The number of anilines is 1. The summed E-state index contributed by atoms with van der Waals surface area (Å²) in [4.78, 5) is 13.2. The van der Waals surface area contributed by atoms with Gasteiger partial charge in [-0.3, -0.25) is 0 Å². The van der Waals surface area contributed by atoms with E-state index in [1.54, 1.807) is 18.5 Å². The van der Waals surface area contributed by atoms with Crippen LogP contribution in [0, 0.1) is 5.82 Å². The third-order valence-electron chi connectivity index (χ3n) is 4.86. The molecule has 0 saturated carbocycles. The van der Waals surface area contributed by atoms with E-state index in [1.165, 1.54) is 12.1 Å². The second-order valence-electron chi connectivity index (χ2n) is 6.69. The average molecular weight is 401 g/mol. The Hall–Kier alpha value is -3.57. The molecule has 5 rings (SSSR count).